The first kappa shape index (κ1) is 17.7. The van der Waals surface area contributed by atoms with E-state index in [2.05, 4.69) is 5.32 Å². The number of hydrogen-bond donors (Lipinski definition) is 1. The quantitative estimate of drug-likeness (QED) is 0.670. The van der Waals surface area contributed by atoms with Crippen LogP contribution in [0.15, 0.2) is 46.9 Å². The molecule has 0 radical (unpaired) electrons. The van der Waals surface area contributed by atoms with Crippen molar-refractivity contribution >= 4 is 45.3 Å². The summed E-state index contributed by atoms with van der Waals surface area (Å²) in [5, 5.41) is 4.90. The lowest BCUT2D eigenvalue weighted by Gasteiger charge is -2.19. The molecule has 6 rings (SSSR count). The number of benzene rings is 2. The molecule has 2 heterocycles. The summed E-state index contributed by atoms with van der Waals surface area (Å²) in [5.41, 5.74) is 2.16. The lowest BCUT2D eigenvalue weighted by Crippen LogP contribution is -2.35. The molecule has 2 bridgehead atoms. The van der Waals surface area contributed by atoms with Gasteiger partial charge in [-0.15, -0.1) is 0 Å². The molecule has 6 heteroatoms. The van der Waals surface area contributed by atoms with E-state index in [0.717, 1.165) is 35.6 Å². The molecule has 2 aliphatic carbocycles. The summed E-state index contributed by atoms with van der Waals surface area (Å²) in [6.07, 6.45) is 3.24. The Morgan fingerprint density at radius 2 is 1.67 bits per heavy atom. The van der Waals surface area contributed by atoms with Crippen molar-refractivity contribution in [1.82, 2.24) is 4.90 Å². The summed E-state index contributed by atoms with van der Waals surface area (Å²) >= 11 is 0. The van der Waals surface area contributed by atoms with E-state index in [9.17, 15) is 14.4 Å². The summed E-state index contributed by atoms with van der Waals surface area (Å²) in [4.78, 5) is 39.3. The smallest absolute Gasteiger partial charge is 0.233 e. The number of nitrogens with zero attached hydrogens (tertiary/aromatic N) is 1. The lowest BCUT2D eigenvalue weighted by atomic mass is 9.81. The highest BCUT2D eigenvalue weighted by atomic mass is 16.3. The molecule has 2 saturated carbocycles. The van der Waals surface area contributed by atoms with E-state index < -0.39 is 0 Å². The third-order valence-electron chi connectivity index (χ3n) is 7.24. The fourth-order valence-electron chi connectivity index (χ4n) is 5.93. The highest BCUT2D eigenvalue weighted by molar-refractivity contribution is 6.07. The maximum atomic E-state index is 12.8. The fourth-order valence-corrected chi connectivity index (χ4v) is 5.93. The van der Waals surface area contributed by atoms with Crippen molar-refractivity contribution in [2.45, 2.75) is 25.7 Å². The van der Waals surface area contributed by atoms with E-state index in [1.54, 1.807) is 0 Å². The Bertz CT molecular complexity index is 1180. The van der Waals surface area contributed by atoms with Crippen LogP contribution >= 0.6 is 0 Å². The predicted octanol–water partition coefficient (Wildman–Crippen LogP) is 3.95. The van der Waals surface area contributed by atoms with Crippen LogP contribution in [0.3, 0.4) is 0 Å². The molecule has 30 heavy (non-hydrogen) atoms. The molecule has 1 aliphatic heterocycles. The van der Waals surface area contributed by atoms with Crippen LogP contribution in [0.25, 0.3) is 21.9 Å². The molecule has 2 aromatic carbocycles. The molecular formula is C24H22N2O4. The second-order valence-electron chi connectivity index (χ2n) is 8.82. The molecule has 4 atom stereocenters. The Morgan fingerprint density at radius 1 is 0.967 bits per heavy atom. The molecule has 3 amide bonds. The lowest BCUT2D eigenvalue weighted by molar-refractivity contribution is -0.140. The Kier molecular flexibility index (Phi) is 3.79. The number of carbonyl (C=O) groups is 3. The molecule has 1 aromatic heterocycles. The summed E-state index contributed by atoms with van der Waals surface area (Å²) in [6, 6.07) is 13.4. The van der Waals surface area contributed by atoms with Crippen LogP contribution in [-0.2, 0) is 14.4 Å². The zero-order valence-electron chi connectivity index (χ0n) is 16.5. The first-order valence-electron chi connectivity index (χ1n) is 10.7. The van der Waals surface area contributed by atoms with Gasteiger partial charge < -0.3 is 9.73 Å². The number of hydrogen-bond acceptors (Lipinski definition) is 4. The van der Waals surface area contributed by atoms with Crippen LogP contribution in [0, 0.1) is 23.7 Å². The average molecular weight is 402 g/mol. The van der Waals surface area contributed by atoms with Crippen LogP contribution < -0.4 is 5.32 Å². The van der Waals surface area contributed by atoms with Gasteiger partial charge in [0, 0.05) is 35.5 Å². The summed E-state index contributed by atoms with van der Waals surface area (Å²) in [5.74, 6) is 0.134. The van der Waals surface area contributed by atoms with Crippen LogP contribution in [0.5, 0.6) is 0 Å². The first-order valence-corrected chi connectivity index (χ1v) is 10.7. The first-order chi connectivity index (χ1) is 14.6. The number of anilines is 1. The van der Waals surface area contributed by atoms with E-state index >= 15 is 0 Å². The predicted molar refractivity (Wildman–Crippen MR) is 111 cm³/mol. The number of carbonyl (C=O) groups excluding carboxylic acids is 3. The van der Waals surface area contributed by atoms with Gasteiger partial charge in [0.2, 0.25) is 17.7 Å². The molecule has 3 aromatic rings. The standard InChI is InChI=1S/C24H22N2O4/c27-20(9-10-26-23(28)21-13-5-6-14(11-13)22(21)24(26)29)25-15-7-8-17-16-3-1-2-4-18(16)30-19(17)12-15/h1-4,7-8,12-14,21-22H,5-6,9-11H2,(H,25,27)/t13-,14-,21+,22+/m0/s1. The largest absolute Gasteiger partial charge is 0.456 e. The second kappa shape index (κ2) is 6.42. The van der Waals surface area contributed by atoms with E-state index in [1.807, 2.05) is 42.5 Å². The number of nitrogens with one attached hydrogen (secondary N) is 1. The van der Waals surface area contributed by atoms with Gasteiger partial charge in [-0.1, -0.05) is 18.2 Å². The third-order valence-corrected chi connectivity index (χ3v) is 7.24. The number of imide groups is 1. The number of fused-ring (bicyclic) bond motifs is 8. The van der Waals surface area contributed by atoms with Gasteiger partial charge in [-0.05, 0) is 49.3 Å². The second-order valence-corrected chi connectivity index (χ2v) is 8.82. The van der Waals surface area contributed by atoms with Crippen LogP contribution in [0.2, 0.25) is 0 Å². The van der Waals surface area contributed by atoms with E-state index in [1.165, 1.54) is 4.90 Å². The molecule has 0 unspecified atom stereocenters. The van der Waals surface area contributed by atoms with Crippen molar-refractivity contribution in [3.05, 3.63) is 42.5 Å². The van der Waals surface area contributed by atoms with Crippen LogP contribution in [0.4, 0.5) is 5.69 Å². The molecule has 1 saturated heterocycles. The Balaban J connectivity index is 1.14. The number of furan rings is 1. The molecule has 6 nitrogen and oxygen atoms in total. The topological polar surface area (TPSA) is 79.6 Å². The van der Waals surface area contributed by atoms with Gasteiger partial charge in [-0.25, -0.2) is 0 Å². The Morgan fingerprint density at radius 3 is 2.43 bits per heavy atom. The van der Waals surface area contributed by atoms with Crippen molar-refractivity contribution in [2.75, 3.05) is 11.9 Å². The van der Waals surface area contributed by atoms with Gasteiger partial charge in [0.1, 0.15) is 11.2 Å². The number of para-hydroxylation sites is 1. The van der Waals surface area contributed by atoms with Crippen molar-refractivity contribution in [1.29, 1.82) is 0 Å². The number of amides is 3. The minimum Gasteiger partial charge on any atom is -0.456 e. The molecule has 3 fully saturated rings. The minimum atomic E-state index is -0.217. The van der Waals surface area contributed by atoms with Crippen LogP contribution in [0.1, 0.15) is 25.7 Å². The summed E-state index contributed by atoms with van der Waals surface area (Å²) in [7, 11) is 0. The maximum absolute atomic E-state index is 12.8. The maximum Gasteiger partial charge on any atom is 0.233 e. The third kappa shape index (κ3) is 2.52. The summed E-state index contributed by atoms with van der Waals surface area (Å²) in [6.45, 7) is 0.156. The molecular weight excluding hydrogens is 380 g/mol. The van der Waals surface area contributed by atoms with Gasteiger partial charge in [-0.3, -0.25) is 19.3 Å². The zero-order valence-corrected chi connectivity index (χ0v) is 16.5. The van der Waals surface area contributed by atoms with Gasteiger partial charge in [0.25, 0.3) is 0 Å². The van der Waals surface area contributed by atoms with Crippen molar-refractivity contribution in [2.24, 2.45) is 23.7 Å². The van der Waals surface area contributed by atoms with E-state index in [-0.39, 0.29) is 42.5 Å². The van der Waals surface area contributed by atoms with Crippen molar-refractivity contribution < 1.29 is 18.8 Å². The monoisotopic (exact) mass is 402 g/mol. The Labute approximate surface area is 173 Å². The summed E-state index contributed by atoms with van der Waals surface area (Å²) < 4.78 is 5.86. The fraction of sp³-hybridized carbons (Fsp3) is 0.375. The van der Waals surface area contributed by atoms with Gasteiger partial charge in [0.15, 0.2) is 0 Å². The average Bonchev–Trinajstić information content (AvgIpc) is 3.49. The van der Waals surface area contributed by atoms with Crippen molar-refractivity contribution in [3.63, 3.8) is 0 Å². The molecule has 152 valence electrons. The van der Waals surface area contributed by atoms with E-state index in [0.29, 0.717) is 23.1 Å². The number of likely N-dealkylation sites (tertiary alicyclic amines) is 1. The molecule has 0 spiro atoms. The van der Waals surface area contributed by atoms with Gasteiger partial charge in [-0.2, -0.15) is 0 Å². The molecule has 1 N–H and O–H groups in total. The number of rotatable bonds is 4. The van der Waals surface area contributed by atoms with Gasteiger partial charge in [0.05, 0.1) is 11.8 Å². The minimum absolute atomic E-state index is 0.0614. The van der Waals surface area contributed by atoms with Gasteiger partial charge >= 0.3 is 0 Å². The van der Waals surface area contributed by atoms with E-state index in [4.69, 9.17) is 4.42 Å². The molecule has 3 aliphatic rings. The highest BCUT2D eigenvalue weighted by Crippen LogP contribution is 2.56. The zero-order chi connectivity index (χ0) is 20.4. The Hall–Kier alpha value is -3.15. The normalized spacial score (nSPS) is 27.4. The van der Waals surface area contributed by atoms with Crippen LogP contribution in [-0.4, -0.2) is 29.2 Å². The van der Waals surface area contributed by atoms with Crippen molar-refractivity contribution in [3.8, 4) is 0 Å². The highest BCUT2D eigenvalue weighted by Gasteiger charge is 2.60. The SMILES string of the molecule is O=C(CCN1C(=O)[C@@H]2[C@H]3CC[C@@H](C3)[C@H]2C1=O)Nc1ccc2c(c1)oc1ccccc12.